The van der Waals surface area contributed by atoms with Gasteiger partial charge in [-0.25, -0.2) is 8.42 Å². The number of likely N-dealkylation sites (tertiary alicyclic amines) is 1. The largest absolute Gasteiger partial charge is 0.497 e. The summed E-state index contributed by atoms with van der Waals surface area (Å²) in [6.07, 6.45) is 0.844. The van der Waals surface area contributed by atoms with E-state index >= 15 is 0 Å². The van der Waals surface area contributed by atoms with Crippen molar-refractivity contribution in [2.75, 3.05) is 20.2 Å². The second-order valence-corrected chi connectivity index (χ2v) is 8.95. The number of amides is 1. The Labute approximate surface area is 172 Å². The van der Waals surface area contributed by atoms with Crippen molar-refractivity contribution in [3.05, 3.63) is 60.2 Å². The van der Waals surface area contributed by atoms with Gasteiger partial charge in [-0.3, -0.25) is 9.69 Å². The minimum absolute atomic E-state index is 0.0131. The molecule has 1 aliphatic heterocycles. The Morgan fingerprint density at radius 2 is 1.86 bits per heavy atom. The Morgan fingerprint density at radius 3 is 2.52 bits per heavy atom. The summed E-state index contributed by atoms with van der Waals surface area (Å²) in [7, 11) is -2.28. The standard InChI is InChI=1S/C21H27N3O4S/c1-16(23-29(26,27)20-10-8-19(28-2)9-11-20)21(25)22-18-12-13-24(15-18)14-17-6-4-3-5-7-17/h3-11,16,18,23H,12-15H2,1-2H3,(H,22,25)/t16-,18?/m0/s1. The highest BCUT2D eigenvalue weighted by molar-refractivity contribution is 7.89. The van der Waals surface area contributed by atoms with Crippen molar-refractivity contribution < 1.29 is 17.9 Å². The van der Waals surface area contributed by atoms with Gasteiger partial charge in [0.05, 0.1) is 18.0 Å². The molecule has 29 heavy (non-hydrogen) atoms. The molecule has 7 nitrogen and oxygen atoms in total. The zero-order chi connectivity index (χ0) is 20.9. The number of rotatable bonds is 8. The van der Waals surface area contributed by atoms with E-state index in [-0.39, 0.29) is 16.8 Å². The Balaban J connectivity index is 1.51. The van der Waals surface area contributed by atoms with Crippen LogP contribution in [0.3, 0.4) is 0 Å². The van der Waals surface area contributed by atoms with Crippen LogP contribution in [0.15, 0.2) is 59.5 Å². The smallest absolute Gasteiger partial charge is 0.241 e. The number of nitrogens with zero attached hydrogens (tertiary/aromatic N) is 1. The lowest BCUT2D eigenvalue weighted by atomic mass is 10.2. The molecule has 0 radical (unpaired) electrons. The first-order valence-electron chi connectivity index (χ1n) is 9.60. The average molecular weight is 418 g/mol. The number of hydrogen-bond donors (Lipinski definition) is 2. The minimum Gasteiger partial charge on any atom is -0.497 e. The number of benzene rings is 2. The molecule has 2 aromatic rings. The van der Waals surface area contributed by atoms with Crippen LogP contribution in [0.4, 0.5) is 0 Å². The summed E-state index contributed by atoms with van der Waals surface area (Å²) >= 11 is 0. The number of sulfonamides is 1. The maximum atomic E-state index is 12.5. The van der Waals surface area contributed by atoms with Gasteiger partial charge in [0.15, 0.2) is 0 Å². The quantitative estimate of drug-likeness (QED) is 0.683. The highest BCUT2D eigenvalue weighted by atomic mass is 32.2. The molecular weight excluding hydrogens is 390 g/mol. The van der Waals surface area contributed by atoms with Crippen LogP contribution in [0, 0.1) is 0 Å². The first-order valence-corrected chi connectivity index (χ1v) is 11.1. The number of carbonyl (C=O) groups is 1. The van der Waals surface area contributed by atoms with Gasteiger partial charge in [-0.05, 0) is 43.2 Å². The monoisotopic (exact) mass is 417 g/mol. The number of carbonyl (C=O) groups excluding carboxylic acids is 1. The van der Waals surface area contributed by atoms with E-state index in [4.69, 9.17) is 4.74 Å². The fourth-order valence-electron chi connectivity index (χ4n) is 3.37. The zero-order valence-electron chi connectivity index (χ0n) is 16.7. The first kappa shape index (κ1) is 21.3. The fraction of sp³-hybridized carbons (Fsp3) is 0.381. The number of hydrogen-bond acceptors (Lipinski definition) is 5. The SMILES string of the molecule is COc1ccc(S(=O)(=O)N[C@@H](C)C(=O)NC2CCN(Cc3ccccc3)C2)cc1. The van der Waals surface area contributed by atoms with Gasteiger partial charge in [0.2, 0.25) is 15.9 Å². The Morgan fingerprint density at radius 1 is 1.17 bits per heavy atom. The van der Waals surface area contributed by atoms with Gasteiger partial charge in [0.1, 0.15) is 5.75 Å². The van der Waals surface area contributed by atoms with Crippen molar-refractivity contribution in [1.29, 1.82) is 0 Å². The maximum absolute atomic E-state index is 12.5. The van der Waals surface area contributed by atoms with Crippen molar-refractivity contribution in [1.82, 2.24) is 14.9 Å². The Bertz CT molecular complexity index is 917. The van der Waals surface area contributed by atoms with E-state index in [1.807, 2.05) is 18.2 Å². The third-order valence-corrected chi connectivity index (χ3v) is 6.52. The predicted octanol–water partition coefficient (Wildman–Crippen LogP) is 1.75. The van der Waals surface area contributed by atoms with Gasteiger partial charge in [0, 0.05) is 25.7 Å². The molecule has 0 aliphatic carbocycles. The summed E-state index contributed by atoms with van der Waals surface area (Å²) in [5.74, 6) is 0.240. The Kier molecular flexibility index (Phi) is 6.89. The summed E-state index contributed by atoms with van der Waals surface area (Å²) in [5, 5.41) is 2.96. The molecule has 3 rings (SSSR count). The lowest BCUT2D eigenvalue weighted by molar-refractivity contribution is -0.123. The number of nitrogens with one attached hydrogen (secondary N) is 2. The molecule has 1 amide bonds. The number of methoxy groups -OCH3 is 1. The molecular formula is C21H27N3O4S. The van der Waals surface area contributed by atoms with Crippen LogP contribution in [0.5, 0.6) is 5.75 Å². The molecule has 156 valence electrons. The molecule has 2 N–H and O–H groups in total. The second kappa shape index (κ2) is 9.39. The van der Waals surface area contributed by atoms with Crippen LogP contribution in [-0.2, 0) is 21.4 Å². The Hall–Kier alpha value is -2.42. The van der Waals surface area contributed by atoms with Crippen LogP contribution >= 0.6 is 0 Å². The van der Waals surface area contributed by atoms with Crippen LogP contribution in [0.25, 0.3) is 0 Å². The lowest BCUT2D eigenvalue weighted by Gasteiger charge is -2.19. The maximum Gasteiger partial charge on any atom is 0.241 e. The molecule has 2 atom stereocenters. The predicted molar refractivity (Wildman–Crippen MR) is 111 cm³/mol. The zero-order valence-corrected chi connectivity index (χ0v) is 17.5. The second-order valence-electron chi connectivity index (χ2n) is 7.23. The third-order valence-electron chi connectivity index (χ3n) is 4.96. The molecule has 0 spiro atoms. The van der Waals surface area contributed by atoms with Crippen molar-refractivity contribution in [2.24, 2.45) is 0 Å². The van der Waals surface area contributed by atoms with Crippen LogP contribution in [0.1, 0.15) is 18.9 Å². The van der Waals surface area contributed by atoms with Crippen molar-refractivity contribution in [3.63, 3.8) is 0 Å². The summed E-state index contributed by atoms with van der Waals surface area (Å²) < 4.78 is 32.5. The van der Waals surface area contributed by atoms with Gasteiger partial charge in [0.25, 0.3) is 0 Å². The summed E-state index contributed by atoms with van der Waals surface area (Å²) in [5.41, 5.74) is 1.24. The van der Waals surface area contributed by atoms with E-state index < -0.39 is 16.1 Å². The molecule has 0 bridgehead atoms. The molecule has 1 aliphatic rings. The summed E-state index contributed by atoms with van der Waals surface area (Å²) in [6, 6.07) is 15.4. The topological polar surface area (TPSA) is 87.7 Å². The first-order chi connectivity index (χ1) is 13.9. The number of ether oxygens (including phenoxy) is 1. The van der Waals surface area contributed by atoms with E-state index in [0.29, 0.717) is 5.75 Å². The van der Waals surface area contributed by atoms with E-state index in [2.05, 4.69) is 27.1 Å². The van der Waals surface area contributed by atoms with Gasteiger partial charge < -0.3 is 10.1 Å². The molecule has 0 saturated carbocycles. The highest BCUT2D eigenvalue weighted by Crippen LogP contribution is 2.16. The third kappa shape index (κ3) is 5.79. The summed E-state index contributed by atoms with van der Waals surface area (Å²) in [4.78, 5) is 14.9. The fourth-order valence-corrected chi connectivity index (χ4v) is 4.57. The van der Waals surface area contributed by atoms with Crippen LogP contribution in [-0.4, -0.2) is 51.5 Å². The van der Waals surface area contributed by atoms with Gasteiger partial charge in [-0.15, -0.1) is 0 Å². The van der Waals surface area contributed by atoms with Gasteiger partial charge in [-0.1, -0.05) is 30.3 Å². The molecule has 8 heteroatoms. The van der Waals surface area contributed by atoms with Gasteiger partial charge >= 0.3 is 0 Å². The van der Waals surface area contributed by atoms with Crippen LogP contribution in [0.2, 0.25) is 0 Å². The van der Waals surface area contributed by atoms with Crippen LogP contribution < -0.4 is 14.8 Å². The average Bonchev–Trinajstić information content (AvgIpc) is 3.15. The van der Waals surface area contributed by atoms with Crippen molar-refractivity contribution in [2.45, 2.75) is 36.9 Å². The van der Waals surface area contributed by atoms with E-state index in [9.17, 15) is 13.2 Å². The van der Waals surface area contributed by atoms with E-state index in [1.54, 1.807) is 19.1 Å². The van der Waals surface area contributed by atoms with Gasteiger partial charge in [-0.2, -0.15) is 4.72 Å². The van der Waals surface area contributed by atoms with Crippen molar-refractivity contribution in [3.8, 4) is 5.75 Å². The molecule has 1 fully saturated rings. The molecule has 1 unspecified atom stereocenters. The van der Waals surface area contributed by atoms with E-state index in [1.165, 1.54) is 24.8 Å². The molecule has 1 saturated heterocycles. The molecule has 0 aromatic heterocycles. The molecule has 1 heterocycles. The normalized spacial score (nSPS) is 18.3. The lowest BCUT2D eigenvalue weighted by Crippen LogP contribution is -2.48. The summed E-state index contributed by atoms with van der Waals surface area (Å²) in [6.45, 7) is 4.03. The van der Waals surface area contributed by atoms with Crippen molar-refractivity contribution >= 4 is 15.9 Å². The molecule has 2 aromatic carbocycles. The minimum atomic E-state index is -3.79. The highest BCUT2D eigenvalue weighted by Gasteiger charge is 2.27. The van der Waals surface area contributed by atoms with E-state index in [0.717, 1.165) is 26.1 Å².